The first kappa shape index (κ1) is 22.4. The average Bonchev–Trinajstić information content (AvgIpc) is 3.36. The van der Waals surface area contributed by atoms with E-state index in [1.54, 1.807) is 19.1 Å². The van der Waals surface area contributed by atoms with Crippen molar-refractivity contribution < 1.29 is 23.1 Å². The molecule has 5 rings (SSSR count). The lowest BCUT2D eigenvalue weighted by Gasteiger charge is -2.36. The number of fused-ring (bicyclic) bond motifs is 1. The minimum Gasteiger partial charge on any atom is -0.494 e. The number of methoxy groups -OCH3 is 1. The first-order chi connectivity index (χ1) is 16.4. The summed E-state index contributed by atoms with van der Waals surface area (Å²) in [6.07, 6.45) is 0. The number of halogens is 1. The predicted octanol–water partition coefficient (Wildman–Crippen LogP) is 3.12. The van der Waals surface area contributed by atoms with Gasteiger partial charge in [-0.3, -0.25) is 14.6 Å². The fraction of sp³-hybridized carbons (Fsp3) is 0.360. The third kappa shape index (κ3) is 4.01. The molecule has 0 saturated carbocycles. The number of rotatable bonds is 6. The zero-order chi connectivity index (χ0) is 23.9. The zero-order valence-electron chi connectivity index (χ0n) is 19.2. The molecule has 0 spiro atoms. The first-order valence-electron chi connectivity index (χ1n) is 11.3. The molecule has 2 aliphatic rings. The third-order valence-corrected chi connectivity index (χ3v) is 6.62. The lowest BCUT2D eigenvalue weighted by atomic mass is 9.99. The van der Waals surface area contributed by atoms with Gasteiger partial charge in [-0.1, -0.05) is 24.3 Å². The van der Waals surface area contributed by atoms with Gasteiger partial charge in [0.1, 0.15) is 11.3 Å². The number of piperazine rings is 1. The van der Waals surface area contributed by atoms with Crippen molar-refractivity contribution in [3.05, 3.63) is 65.7 Å². The fourth-order valence-electron chi connectivity index (χ4n) is 4.58. The largest absolute Gasteiger partial charge is 0.494 e. The normalized spacial score (nSPS) is 21.9. The Balaban J connectivity index is 1.20. The number of carbonyl (C=O) groups is 2. The van der Waals surface area contributed by atoms with Gasteiger partial charge in [-0.25, -0.2) is 14.1 Å². The van der Waals surface area contributed by atoms with Crippen LogP contribution < -0.4 is 10.1 Å². The number of carbonyl (C=O) groups excluding carboxylic acids is 2. The van der Waals surface area contributed by atoms with Crippen molar-refractivity contribution in [3.8, 4) is 5.75 Å². The number of hydrogen-bond donors (Lipinski definition) is 1. The Morgan fingerprint density at radius 3 is 2.50 bits per heavy atom. The second kappa shape index (κ2) is 8.73. The molecular weight excluding hydrogens is 439 g/mol. The fourth-order valence-corrected chi connectivity index (χ4v) is 4.58. The predicted molar refractivity (Wildman–Crippen MR) is 124 cm³/mol. The van der Waals surface area contributed by atoms with Crippen LogP contribution >= 0.6 is 0 Å². The summed E-state index contributed by atoms with van der Waals surface area (Å²) >= 11 is 0. The van der Waals surface area contributed by atoms with Gasteiger partial charge in [-0.2, -0.15) is 0 Å². The second-order valence-electron chi connectivity index (χ2n) is 8.94. The molecule has 2 saturated heterocycles. The maximum Gasteiger partial charge on any atom is 0.326 e. The van der Waals surface area contributed by atoms with E-state index in [-0.39, 0.29) is 24.1 Å². The average molecular weight is 467 g/mol. The van der Waals surface area contributed by atoms with Crippen LogP contribution in [-0.4, -0.2) is 66.6 Å². The molecule has 9 heteroatoms. The van der Waals surface area contributed by atoms with E-state index in [2.05, 4.69) is 15.1 Å². The minimum absolute atomic E-state index is 0.214. The summed E-state index contributed by atoms with van der Waals surface area (Å²) in [5, 5.41) is 3.70. The second-order valence-corrected chi connectivity index (χ2v) is 8.94. The number of para-hydroxylation sites is 1. The summed E-state index contributed by atoms with van der Waals surface area (Å²) < 4.78 is 24.8. The molecule has 0 aliphatic carbocycles. The van der Waals surface area contributed by atoms with E-state index in [0.717, 1.165) is 24.0 Å². The van der Waals surface area contributed by atoms with E-state index in [9.17, 15) is 14.0 Å². The summed E-state index contributed by atoms with van der Waals surface area (Å²) in [6.45, 7) is 5.40. The first-order valence-corrected chi connectivity index (χ1v) is 11.3. The maximum atomic E-state index is 14.0. The number of benzene rings is 2. The lowest BCUT2D eigenvalue weighted by molar-refractivity contribution is -0.133. The number of nitrogens with zero attached hydrogens (tertiary/aromatic N) is 3. The van der Waals surface area contributed by atoms with Crippen LogP contribution in [0.15, 0.2) is 52.9 Å². The molecule has 1 atom stereocenters. The molecule has 1 N–H and O–H groups in total. The highest BCUT2D eigenvalue weighted by Gasteiger charge is 2.51. The van der Waals surface area contributed by atoms with Crippen LogP contribution in [0.25, 0.3) is 11.0 Å². The molecule has 0 unspecified atom stereocenters. The molecule has 34 heavy (non-hydrogen) atoms. The summed E-state index contributed by atoms with van der Waals surface area (Å²) in [5.41, 5.74) is 0.311. The van der Waals surface area contributed by atoms with Crippen molar-refractivity contribution in [2.75, 3.05) is 40.0 Å². The molecule has 3 aromatic rings. The van der Waals surface area contributed by atoms with E-state index >= 15 is 0 Å². The molecule has 178 valence electrons. The molecule has 2 aromatic carbocycles. The van der Waals surface area contributed by atoms with Crippen molar-refractivity contribution in [1.82, 2.24) is 20.0 Å². The molecular formula is C25H27FN4O4. The van der Waals surface area contributed by atoms with Gasteiger partial charge in [0, 0.05) is 38.1 Å². The van der Waals surface area contributed by atoms with Crippen LogP contribution in [-0.2, 0) is 16.9 Å². The highest BCUT2D eigenvalue weighted by atomic mass is 19.1. The number of ether oxygens (including phenoxy) is 1. The third-order valence-electron chi connectivity index (χ3n) is 6.62. The van der Waals surface area contributed by atoms with Crippen LogP contribution in [0.5, 0.6) is 5.75 Å². The molecule has 8 nitrogen and oxygen atoms in total. The Hall–Kier alpha value is -3.43. The van der Waals surface area contributed by atoms with Crippen molar-refractivity contribution in [2.45, 2.75) is 19.0 Å². The molecule has 2 fully saturated rings. The summed E-state index contributed by atoms with van der Waals surface area (Å²) in [4.78, 5) is 31.6. The van der Waals surface area contributed by atoms with Gasteiger partial charge in [0.15, 0.2) is 17.1 Å². The van der Waals surface area contributed by atoms with Crippen LogP contribution in [0, 0.1) is 5.82 Å². The molecule has 0 bridgehead atoms. The highest BCUT2D eigenvalue weighted by Crippen LogP contribution is 2.33. The summed E-state index contributed by atoms with van der Waals surface area (Å²) in [5.74, 6) is -0.0414. The van der Waals surface area contributed by atoms with E-state index in [1.807, 2.05) is 30.3 Å². The van der Waals surface area contributed by atoms with Gasteiger partial charge in [0.25, 0.3) is 5.91 Å². The number of urea groups is 1. The van der Waals surface area contributed by atoms with Crippen LogP contribution in [0.4, 0.5) is 9.18 Å². The van der Waals surface area contributed by atoms with Crippen LogP contribution in [0.1, 0.15) is 18.2 Å². The van der Waals surface area contributed by atoms with E-state index in [4.69, 9.17) is 9.15 Å². The number of nitrogens with one attached hydrogen (secondary N) is 1. The Morgan fingerprint density at radius 1 is 1.06 bits per heavy atom. The van der Waals surface area contributed by atoms with E-state index in [0.29, 0.717) is 31.0 Å². The van der Waals surface area contributed by atoms with E-state index in [1.165, 1.54) is 18.1 Å². The van der Waals surface area contributed by atoms with Gasteiger partial charge in [-0.15, -0.1) is 0 Å². The highest BCUT2D eigenvalue weighted by molar-refractivity contribution is 6.07. The molecule has 0 radical (unpaired) electrons. The van der Waals surface area contributed by atoms with Gasteiger partial charge < -0.3 is 14.5 Å². The topological polar surface area (TPSA) is 78.3 Å². The molecule has 2 aliphatic heterocycles. The molecule has 3 heterocycles. The summed E-state index contributed by atoms with van der Waals surface area (Å²) in [6, 6.07) is 13.9. The monoisotopic (exact) mass is 466 g/mol. The standard InChI is InChI=1S/C25H27FN4O4/c1-25(22-14-18-5-3-4-6-20(18)34-22)23(31)30(24(32)27-25)16-29-11-9-28(10-12-29)15-17-7-8-21(33-2)19(26)13-17/h3-8,13-14H,9-12,15-16H2,1-2H3,(H,27,32)/t25-/m0/s1. The number of hydrogen-bond acceptors (Lipinski definition) is 6. The Kier molecular flexibility index (Phi) is 5.75. The van der Waals surface area contributed by atoms with Gasteiger partial charge >= 0.3 is 6.03 Å². The smallest absolute Gasteiger partial charge is 0.326 e. The van der Waals surface area contributed by atoms with Crippen molar-refractivity contribution in [3.63, 3.8) is 0 Å². The van der Waals surface area contributed by atoms with E-state index < -0.39 is 11.6 Å². The molecule has 1 aromatic heterocycles. The van der Waals surface area contributed by atoms with Gasteiger partial charge in [0.05, 0.1) is 13.8 Å². The SMILES string of the molecule is COc1ccc(CN2CCN(CN3C(=O)N[C@@](C)(c4cc5ccccc5o4)C3=O)CC2)cc1F. The Bertz CT molecular complexity index is 1200. The zero-order valence-corrected chi connectivity index (χ0v) is 19.2. The van der Waals surface area contributed by atoms with Crippen molar-refractivity contribution in [2.24, 2.45) is 0 Å². The van der Waals surface area contributed by atoms with Crippen molar-refractivity contribution >= 4 is 22.9 Å². The van der Waals surface area contributed by atoms with Crippen LogP contribution in [0.2, 0.25) is 0 Å². The van der Waals surface area contributed by atoms with Crippen LogP contribution in [0.3, 0.4) is 0 Å². The number of imide groups is 1. The number of furan rings is 1. The quantitative estimate of drug-likeness (QED) is 0.563. The maximum absolute atomic E-state index is 14.0. The van der Waals surface area contributed by atoms with Gasteiger partial charge in [0.2, 0.25) is 0 Å². The minimum atomic E-state index is -1.24. The number of amides is 3. The summed E-state index contributed by atoms with van der Waals surface area (Å²) in [7, 11) is 1.45. The van der Waals surface area contributed by atoms with Gasteiger partial charge in [-0.05, 0) is 36.8 Å². The Morgan fingerprint density at radius 2 is 1.79 bits per heavy atom. The Labute approximate surface area is 196 Å². The lowest BCUT2D eigenvalue weighted by Crippen LogP contribution is -2.51. The molecule has 3 amide bonds. The van der Waals surface area contributed by atoms with Crippen molar-refractivity contribution in [1.29, 1.82) is 0 Å².